The lowest BCUT2D eigenvalue weighted by molar-refractivity contribution is 0.609. The average molecular weight is 281 g/mol. The summed E-state index contributed by atoms with van der Waals surface area (Å²) >= 11 is 0. The Bertz CT molecular complexity index is 649. The first kappa shape index (κ1) is 13.1. The highest BCUT2D eigenvalue weighted by molar-refractivity contribution is 8.13. The molecular formula is C14H13ClO2S. The number of rotatable bonds is 3. The fourth-order valence-corrected chi connectivity index (χ4v) is 2.97. The second kappa shape index (κ2) is 5.12. The fraction of sp³-hybridized carbons (Fsp3) is 0.143. The molecule has 2 aromatic carbocycles. The van der Waals surface area contributed by atoms with E-state index in [4.69, 9.17) is 10.7 Å². The van der Waals surface area contributed by atoms with Crippen LogP contribution in [0.1, 0.15) is 12.5 Å². The van der Waals surface area contributed by atoms with Crippen molar-refractivity contribution in [2.24, 2.45) is 0 Å². The molecular weight excluding hydrogens is 268 g/mol. The summed E-state index contributed by atoms with van der Waals surface area (Å²) in [5.41, 5.74) is 2.44. The predicted molar refractivity (Wildman–Crippen MR) is 74.3 cm³/mol. The van der Waals surface area contributed by atoms with Gasteiger partial charge in [-0.05, 0) is 23.6 Å². The van der Waals surface area contributed by atoms with E-state index in [2.05, 4.69) is 0 Å². The summed E-state index contributed by atoms with van der Waals surface area (Å²) in [6.07, 6.45) is 0.772. The summed E-state index contributed by atoms with van der Waals surface area (Å²) in [6, 6.07) is 14.7. The summed E-state index contributed by atoms with van der Waals surface area (Å²) in [6.45, 7) is 1.97. The minimum atomic E-state index is -3.74. The molecule has 0 atom stereocenters. The normalized spacial score (nSPS) is 11.4. The first-order valence-electron chi connectivity index (χ1n) is 5.65. The van der Waals surface area contributed by atoms with Gasteiger partial charge in [0.15, 0.2) is 0 Å². The average Bonchev–Trinajstić information content (AvgIpc) is 2.38. The van der Waals surface area contributed by atoms with Gasteiger partial charge in [0.1, 0.15) is 0 Å². The zero-order valence-corrected chi connectivity index (χ0v) is 11.5. The molecule has 0 aliphatic carbocycles. The van der Waals surface area contributed by atoms with E-state index in [-0.39, 0.29) is 4.90 Å². The molecule has 0 N–H and O–H groups in total. The van der Waals surface area contributed by atoms with Gasteiger partial charge in [0, 0.05) is 16.2 Å². The van der Waals surface area contributed by atoms with Gasteiger partial charge in [-0.3, -0.25) is 0 Å². The van der Waals surface area contributed by atoms with Gasteiger partial charge < -0.3 is 0 Å². The number of halogens is 1. The van der Waals surface area contributed by atoms with Gasteiger partial charge in [-0.1, -0.05) is 49.4 Å². The van der Waals surface area contributed by atoms with Crippen LogP contribution in [0.15, 0.2) is 53.4 Å². The van der Waals surface area contributed by atoms with E-state index in [9.17, 15) is 8.42 Å². The third kappa shape index (κ3) is 2.74. The third-order valence-electron chi connectivity index (χ3n) is 2.80. The molecule has 4 heteroatoms. The fourth-order valence-electron chi connectivity index (χ4n) is 1.84. The van der Waals surface area contributed by atoms with E-state index in [1.165, 1.54) is 0 Å². The molecule has 0 aromatic heterocycles. The van der Waals surface area contributed by atoms with Gasteiger partial charge in [0.05, 0.1) is 4.90 Å². The van der Waals surface area contributed by atoms with E-state index < -0.39 is 9.05 Å². The van der Waals surface area contributed by atoms with Crippen molar-refractivity contribution in [3.63, 3.8) is 0 Å². The van der Waals surface area contributed by atoms with Crippen molar-refractivity contribution < 1.29 is 8.42 Å². The van der Waals surface area contributed by atoms with E-state index in [1.54, 1.807) is 6.07 Å². The Morgan fingerprint density at radius 1 is 1.06 bits per heavy atom. The summed E-state index contributed by atoms with van der Waals surface area (Å²) < 4.78 is 23.3. The van der Waals surface area contributed by atoms with Crippen LogP contribution in [0.4, 0.5) is 0 Å². The Hall–Kier alpha value is -1.32. The van der Waals surface area contributed by atoms with Gasteiger partial charge in [0.25, 0.3) is 9.05 Å². The smallest absolute Gasteiger partial charge is 0.207 e. The Morgan fingerprint density at radius 2 is 1.72 bits per heavy atom. The molecule has 0 aliphatic heterocycles. The van der Waals surface area contributed by atoms with Crippen LogP contribution < -0.4 is 0 Å². The molecule has 2 rings (SSSR count). The third-order valence-corrected chi connectivity index (χ3v) is 4.16. The quantitative estimate of drug-likeness (QED) is 0.801. The number of hydrogen-bond acceptors (Lipinski definition) is 2. The Kier molecular flexibility index (Phi) is 3.73. The summed E-state index contributed by atoms with van der Waals surface area (Å²) in [4.78, 5) is 0.176. The molecule has 0 bridgehead atoms. The van der Waals surface area contributed by atoms with Crippen molar-refractivity contribution in [3.05, 3.63) is 54.1 Å². The van der Waals surface area contributed by atoms with Crippen molar-refractivity contribution in [2.45, 2.75) is 18.2 Å². The Morgan fingerprint density at radius 3 is 2.28 bits per heavy atom. The van der Waals surface area contributed by atoms with Crippen molar-refractivity contribution in [3.8, 4) is 11.1 Å². The van der Waals surface area contributed by atoms with Crippen molar-refractivity contribution in [1.82, 2.24) is 0 Å². The lowest BCUT2D eigenvalue weighted by Gasteiger charge is -2.09. The van der Waals surface area contributed by atoms with Gasteiger partial charge in [0.2, 0.25) is 0 Å². The van der Waals surface area contributed by atoms with Crippen molar-refractivity contribution >= 4 is 19.7 Å². The lowest BCUT2D eigenvalue weighted by Crippen LogP contribution is -1.96. The van der Waals surface area contributed by atoms with Gasteiger partial charge in [-0.15, -0.1) is 0 Å². The van der Waals surface area contributed by atoms with Crippen LogP contribution >= 0.6 is 10.7 Å². The maximum Gasteiger partial charge on any atom is 0.261 e. The minimum Gasteiger partial charge on any atom is -0.207 e. The molecule has 0 spiro atoms. The highest BCUT2D eigenvalue weighted by Gasteiger charge is 2.17. The first-order chi connectivity index (χ1) is 8.52. The van der Waals surface area contributed by atoms with Crippen LogP contribution in [0.25, 0.3) is 11.1 Å². The number of hydrogen-bond donors (Lipinski definition) is 0. The van der Waals surface area contributed by atoms with E-state index in [1.807, 2.05) is 49.4 Å². The van der Waals surface area contributed by atoms with Crippen molar-refractivity contribution in [1.29, 1.82) is 0 Å². The summed E-state index contributed by atoms with van der Waals surface area (Å²) in [5, 5.41) is 0. The molecule has 2 aromatic rings. The maximum atomic E-state index is 11.7. The molecule has 0 aliphatic rings. The minimum absolute atomic E-state index is 0.176. The van der Waals surface area contributed by atoms with E-state index in [0.717, 1.165) is 17.5 Å². The molecule has 94 valence electrons. The van der Waals surface area contributed by atoms with Crippen LogP contribution in [-0.4, -0.2) is 8.42 Å². The Balaban J connectivity index is 2.69. The second-order valence-corrected chi connectivity index (χ2v) is 6.52. The van der Waals surface area contributed by atoms with Gasteiger partial charge >= 0.3 is 0 Å². The Labute approximate surface area is 112 Å². The molecule has 0 unspecified atom stereocenters. The topological polar surface area (TPSA) is 34.1 Å². The molecule has 0 fully saturated rings. The van der Waals surface area contributed by atoms with E-state index in [0.29, 0.717) is 5.56 Å². The SMILES string of the molecule is CCc1ccc(-c2ccccc2)c(S(=O)(=O)Cl)c1. The molecule has 18 heavy (non-hydrogen) atoms. The van der Waals surface area contributed by atoms with Crippen LogP contribution in [0.3, 0.4) is 0 Å². The van der Waals surface area contributed by atoms with Crippen LogP contribution in [-0.2, 0) is 15.5 Å². The molecule has 0 radical (unpaired) electrons. The summed E-state index contributed by atoms with van der Waals surface area (Å²) in [7, 11) is 1.77. The van der Waals surface area contributed by atoms with Gasteiger partial charge in [-0.2, -0.15) is 0 Å². The highest BCUT2D eigenvalue weighted by Crippen LogP contribution is 2.30. The molecule has 2 nitrogen and oxygen atoms in total. The molecule has 0 saturated heterocycles. The summed E-state index contributed by atoms with van der Waals surface area (Å²) in [5.74, 6) is 0. The van der Waals surface area contributed by atoms with Crippen LogP contribution in [0.5, 0.6) is 0 Å². The predicted octanol–water partition coefficient (Wildman–Crippen LogP) is 3.84. The monoisotopic (exact) mass is 280 g/mol. The standard InChI is InChI=1S/C14H13ClO2S/c1-2-11-8-9-13(12-6-4-3-5-7-12)14(10-11)18(15,16)17/h3-10H,2H2,1H3. The van der Waals surface area contributed by atoms with E-state index >= 15 is 0 Å². The van der Waals surface area contributed by atoms with Crippen LogP contribution in [0.2, 0.25) is 0 Å². The molecule has 0 amide bonds. The largest absolute Gasteiger partial charge is 0.261 e. The molecule has 0 heterocycles. The maximum absolute atomic E-state index is 11.7. The first-order valence-corrected chi connectivity index (χ1v) is 7.96. The van der Waals surface area contributed by atoms with Crippen molar-refractivity contribution in [2.75, 3.05) is 0 Å². The second-order valence-electron chi connectivity index (χ2n) is 3.99. The lowest BCUT2D eigenvalue weighted by atomic mass is 10.0. The number of aryl methyl sites for hydroxylation is 1. The number of benzene rings is 2. The van der Waals surface area contributed by atoms with Crippen LogP contribution in [0, 0.1) is 0 Å². The zero-order chi connectivity index (χ0) is 13.2. The van der Waals surface area contributed by atoms with Gasteiger partial charge in [-0.25, -0.2) is 8.42 Å². The molecule has 0 saturated carbocycles. The zero-order valence-electron chi connectivity index (χ0n) is 9.93. The highest BCUT2D eigenvalue weighted by atomic mass is 35.7.